The van der Waals surface area contributed by atoms with Gasteiger partial charge >= 0.3 is 0 Å². The lowest BCUT2D eigenvalue weighted by molar-refractivity contribution is 0.582. The van der Waals surface area contributed by atoms with Gasteiger partial charge in [0, 0.05) is 22.1 Å². The summed E-state index contributed by atoms with van der Waals surface area (Å²) in [6.45, 7) is 0. The fourth-order valence-corrected chi connectivity index (χ4v) is 3.23. The molecule has 0 bridgehead atoms. The highest BCUT2D eigenvalue weighted by Crippen LogP contribution is 2.31. The molecule has 0 atom stereocenters. The monoisotopic (exact) mass is 303 g/mol. The SMILES string of the molecule is c1ccc(-c2nc(-c3cccc(-c4ccco4)c3)cs2)cc1. The van der Waals surface area contributed by atoms with Crippen molar-refractivity contribution in [3.63, 3.8) is 0 Å². The van der Waals surface area contributed by atoms with Crippen molar-refractivity contribution in [2.45, 2.75) is 0 Å². The number of benzene rings is 2. The summed E-state index contributed by atoms with van der Waals surface area (Å²) in [5.41, 5.74) is 4.32. The van der Waals surface area contributed by atoms with E-state index in [1.165, 1.54) is 0 Å². The van der Waals surface area contributed by atoms with E-state index in [2.05, 4.69) is 29.6 Å². The summed E-state index contributed by atoms with van der Waals surface area (Å²) in [5.74, 6) is 0.875. The molecule has 0 saturated carbocycles. The summed E-state index contributed by atoms with van der Waals surface area (Å²) < 4.78 is 5.47. The first-order valence-electron chi connectivity index (χ1n) is 7.05. The molecular weight excluding hydrogens is 290 g/mol. The standard InChI is InChI=1S/C19H13NOS/c1-2-6-14(7-3-1)19-20-17(13-22-19)15-8-4-9-16(12-15)18-10-5-11-21-18/h1-13H. The average Bonchev–Trinajstić information content (AvgIpc) is 3.28. The summed E-state index contributed by atoms with van der Waals surface area (Å²) >= 11 is 1.67. The van der Waals surface area contributed by atoms with E-state index in [-0.39, 0.29) is 0 Å². The average molecular weight is 303 g/mol. The third-order valence-corrected chi connectivity index (χ3v) is 4.38. The van der Waals surface area contributed by atoms with Crippen molar-refractivity contribution < 1.29 is 4.42 Å². The Morgan fingerprint density at radius 1 is 0.773 bits per heavy atom. The summed E-state index contributed by atoms with van der Waals surface area (Å²) in [7, 11) is 0. The van der Waals surface area contributed by atoms with E-state index >= 15 is 0 Å². The third kappa shape index (κ3) is 2.47. The molecule has 0 aliphatic rings. The summed E-state index contributed by atoms with van der Waals surface area (Å²) in [4.78, 5) is 4.76. The molecule has 0 spiro atoms. The molecule has 22 heavy (non-hydrogen) atoms. The topological polar surface area (TPSA) is 26.0 Å². The first-order valence-corrected chi connectivity index (χ1v) is 7.93. The van der Waals surface area contributed by atoms with E-state index in [1.54, 1.807) is 17.6 Å². The number of nitrogens with zero attached hydrogens (tertiary/aromatic N) is 1. The minimum absolute atomic E-state index is 0.875. The molecule has 0 fully saturated rings. The highest BCUT2D eigenvalue weighted by molar-refractivity contribution is 7.13. The van der Waals surface area contributed by atoms with E-state index in [0.29, 0.717) is 0 Å². The summed E-state index contributed by atoms with van der Waals surface area (Å²) in [6.07, 6.45) is 1.69. The zero-order valence-electron chi connectivity index (χ0n) is 11.8. The lowest BCUT2D eigenvalue weighted by Crippen LogP contribution is -1.81. The van der Waals surface area contributed by atoms with Crippen molar-refractivity contribution in [1.82, 2.24) is 4.98 Å². The minimum atomic E-state index is 0.875. The Morgan fingerprint density at radius 2 is 1.59 bits per heavy atom. The molecule has 0 N–H and O–H groups in total. The highest BCUT2D eigenvalue weighted by atomic mass is 32.1. The summed E-state index contributed by atoms with van der Waals surface area (Å²) in [5, 5.41) is 3.14. The lowest BCUT2D eigenvalue weighted by Gasteiger charge is -2.01. The van der Waals surface area contributed by atoms with Gasteiger partial charge in [0.2, 0.25) is 0 Å². The second kappa shape index (κ2) is 5.62. The van der Waals surface area contributed by atoms with E-state index < -0.39 is 0 Å². The van der Waals surface area contributed by atoms with Crippen molar-refractivity contribution in [1.29, 1.82) is 0 Å². The molecule has 2 heterocycles. The molecule has 0 aliphatic carbocycles. The molecule has 2 nitrogen and oxygen atoms in total. The van der Waals surface area contributed by atoms with Crippen LogP contribution in [-0.4, -0.2) is 4.98 Å². The molecule has 2 aromatic heterocycles. The Hall–Kier alpha value is -2.65. The van der Waals surface area contributed by atoms with Crippen LogP contribution in [0.4, 0.5) is 0 Å². The zero-order valence-corrected chi connectivity index (χ0v) is 12.6. The van der Waals surface area contributed by atoms with Gasteiger partial charge in [0.05, 0.1) is 12.0 Å². The van der Waals surface area contributed by atoms with Crippen LogP contribution in [-0.2, 0) is 0 Å². The molecule has 106 valence electrons. The first-order chi connectivity index (χ1) is 10.9. The predicted octanol–water partition coefficient (Wildman–Crippen LogP) is 5.74. The van der Waals surface area contributed by atoms with Crippen LogP contribution >= 0.6 is 11.3 Å². The van der Waals surface area contributed by atoms with Gasteiger partial charge in [-0.2, -0.15) is 0 Å². The Morgan fingerprint density at radius 3 is 2.41 bits per heavy atom. The number of hydrogen-bond donors (Lipinski definition) is 0. The van der Waals surface area contributed by atoms with Gasteiger partial charge in [0.1, 0.15) is 10.8 Å². The second-order valence-corrected chi connectivity index (χ2v) is 5.82. The number of furan rings is 1. The van der Waals surface area contributed by atoms with Gasteiger partial charge in [0.25, 0.3) is 0 Å². The van der Waals surface area contributed by atoms with Gasteiger partial charge in [-0.15, -0.1) is 11.3 Å². The summed E-state index contributed by atoms with van der Waals surface area (Å²) in [6, 6.07) is 22.4. The van der Waals surface area contributed by atoms with Gasteiger partial charge in [-0.1, -0.05) is 48.5 Å². The van der Waals surface area contributed by atoms with Crippen molar-refractivity contribution in [2.24, 2.45) is 0 Å². The quantitative estimate of drug-likeness (QED) is 0.482. The van der Waals surface area contributed by atoms with Crippen molar-refractivity contribution >= 4 is 11.3 Å². The van der Waals surface area contributed by atoms with Crippen LogP contribution < -0.4 is 0 Å². The third-order valence-electron chi connectivity index (χ3n) is 3.49. The zero-order chi connectivity index (χ0) is 14.8. The van der Waals surface area contributed by atoms with E-state index in [9.17, 15) is 0 Å². The largest absolute Gasteiger partial charge is 0.464 e. The molecule has 2 aromatic carbocycles. The van der Waals surface area contributed by atoms with Gasteiger partial charge in [0.15, 0.2) is 0 Å². The fraction of sp³-hybridized carbons (Fsp3) is 0. The molecule has 0 aliphatic heterocycles. The number of hydrogen-bond acceptors (Lipinski definition) is 3. The van der Waals surface area contributed by atoms with E-state index in [4.69, 9.17) is 9.40 Å². The van der Waals surface area contributed by atoms with Gasteiger partial charge in [-0.3, -0.25) is 0 Å². The molecule has 0 unspecified atom stereocenters. The maximum absolute atomic E-state index is 5.47. The Bertz CT molecular complexity index is 879. The van der Waals surface area contributed by atoms with Crippen molar-refractivity contribution in [3.8, 4) is 33.2 Å². The maximum Gasteiger partial charge on any atom is 0.133 e. The van der Waals surface area contributed by atoms with Crippen LogP contribution in [0.5, 0.6) is 0 Å². The molecular formula is C19H13NOS. The van der Waals surface area contributed by atoms with Crippen molar-refractivity contribution in [3.05, 3.63) is 78.4 Å². The minimum Gasteiger partial charge on any atom is -0.464 e. The maximum atomic E-state index is 5.47. The van der Waals surface area contributed by atoms with Crippen LogP contribution in [0.15, 0.2) is 82.8 Å². The molecule has 4 rings (SSSR count). The lowest BCUT2D eigenvalue weighted by atomic mass is 10.1. The van der Waals surface area contributed by atoms with Crippen LogP contribution in [0.3, 0.4) is 0 Å². The van der Waals surface area contributed by atoms with Gasteiger partial charge in [-0.05, 0) is 18.2 Å². The number of aromatic nitrogens is 1. The predicted molar refractivity (Wildman–Crippen MR) is 90.7 cm³/mol. The van der Waals surface area contributed by atoms with Crippen LogP contribution in [0, 0.1) is 0 Å². The normalized spacial score (nSPS) is 10.7. The molecule has 0 saturated heterocycles. The van der Waals surface area contributed by atoms with E-state index in [0.717, 1.165) is 33.2 Å². The van der Waals surface area contributed by atoms with Crippen molar-refractivity contribution in [2.75, 3.05) is 0 Å². The number of rotatable bonds is 3. The Labute approximate surface area is 132 Å². The molecule has 0 radical (unpaired) electrons. The molecule has 0 amide bonds. The van der Waals surface area contributed by atoms with Crippen LogP contribution in [0.25, 0.3) is 33.2 Å². The Balaban J connectivity index is 1.71. The van der Waals surface area contributed by atoms with Gasteiger partial charge in [-0.25, -0.2) is 4.98 Å². The van der Waals surface area contributed by atoms with E-state index in [1.807, 2.05) is 42.5 Å². The highest BCUT2D eigenvalue weighted by Gasteiger charge is 2.08. The first kappa shape index (κ1) is 13.0. The fourth-order valence-electron chi connectivity index (χ4n) is 2.39. The molecule has 3 heteroatoms. The van der Waals surface area contributed by atoms with Crippen LogP contribution in [0.1, 0.15) is 0 Å². The van der Waals surface area contributed by atoms with Gasteiger partial charge < -0.3 is 4.42 Å². The Kier molecular flexibility index (Phi) is 3.33. The molecule has 4 aromatic rings. The smallest absolute Gasteiger partial charge is 0.133 e. The second-order valence-electron chi connectivity index (χ2n) is 4.96. The number of thiazole rings is 1. The van der Waals surface area contributed by atoms with Crippen LogP contribution in [0.2, 0.25) is 0 Å².